The first-order chi connectivity index (χ1) is 22.6. The molecule has 0 radical (unpaired) electrons. The van der Waals surface area contributed by atoms with Crippen molar-refractivity contribution in [1.29, 1.82) is 0 Å². The molecule has 8 rings (SSSR count). The third kappa shape index (κ3) is 4.77. The van der Waals surface area contributed by atoms with Gasteiger partial charge in [-0.25, -0.2) is 4.79 Å². The van der Waals surface area contributed by atoms with Gasteiger partial charge in [-0.05, 0) is 66.1 Å². The molecule has 224 valence electrons. The highest BCUT2D eigenvalue weighted by atomic mass is 16.6. The number of hydrogen-bond acceptors (Lipinski definition) is 5. The lowest BCUT2D eigenvalue weighted by Gasteiger charge is -2.38. The molecule has 2 heterocycles. The van der Waals surface area contributed by atoms with E-state index < -0.39 is 5.60 Å². The lowest BCUT2D eigenvalue weighted by atomic mass is 9.77. The molecule has 0 amide bonds. The van der Waals surface area contributed by atoms with Gasteiger partial charge in [-0.2, -0.15) is 0 Å². The highest BCUT2D eigenvalue weighted by Crippen LogP contribution is 2.57. The van der Waals surface area contributed by atoms with Crippen LogP contribution in [0, 0.1) is 6.92 Å². The van der Waals surface area contributed by atoms with Crippen molar-refractivity contribution in [3.63, 3.8) is 0 Å². The smallest absolute Gasteiger partial charge is 0.340 e. The summed E-state index contributed by atoms with van der Waals surface area (Å²) >= 11 is 0. The molecule has 0 saturated heterocycles. The quantitative estimate of drug-likeness (QED) is 0.185. The number of carbonyl (C=O) groups is 1. The minimum Gasteiger partial charge on any atom is -0.456 e. The first-order valence-electron chi connectivity index (χ1n) is 15.5. The van der Waals surface area contributed by atoms with Gasteiger partial charge < -0.3 is 19.7 Å². The summed E-state index contributed by atoms with van der Waals surface area (Å²) in [6, 6.07) is 49.0. The molecule has 6 aromatic carbocycles. The summed E-state index contributed by atoms with van der Waals surface area (Å²) in [6.45, 7) is 3.54. The Morgan fingerprint density at radius 3 is 1.91 bits per heavy atom. The van der Waals surface area contributed by atoms with Crippen LogP contribution < -0.4 is 15.0 Å². The van der Waals surface area contributed by atoms with Crippen molar-refractivity contribution in [3.8, 4) is 11.5 Å². The summed E-state index contributed by atoms with van der Waals surface area (Å²) in [6.07, 6.45) is 0. The third-order valence-corrected chi connectivity index (χ3v) is 8.87. The van der Waals surface area contributed by atoms with E-state index in [1.807, 2.05) is 84.9 Å². The predicted octanol–water partition coefficient (Wildman–Crippen LogP) is 9.51. The Labute approximate surface area is 268 Å². The van der Waals surface area contributed by atoms with Crippen LogP contribution in [0.4, 0.5) is 17.1 Å². The molecular formula is C41H32N2O3. The maximum Gasteiger partial charge on any atom is 0.340 e. The van der Waals surface area contributed by atoms with E-state index in [0.29, 0.717) is 30.2 Å². The fourth-order valence-electron chi connectivity index (χ4n) is 6.75. The molecule has 1 unspecified atom stereocenters. The Morgan fingerprint density at radius 2 is 1.22 bits per heavy atom. The maximum absolute atomic E-state index is 13.5. The van der Waals surface area contributed by atoms with Crippen LogP contribution >= 0.6 is 0 Å². The molecular weight excluding hydrogens is 568 g/mol. The lowest BCUT2D eigenvalue weighted by Crippen LogP contribution is -2.34. The Balaban J connectivity index is 1.29. The molecule has 0 aromatic heterocycles. The standard InChI is InChI=1S/C41H32N2O3/c1-28-23-38-36(25-37(28)43(26-29-13-5-2-6-14-29)27-30-15-7-3-8-16-30)41(34-20-12-11-19-33(34)40(44)46-41)35-22-21-32(24-39(35)45-38)42-31-17-9-4-10-18-31/h2-25,42H,26-27H2,1H3. The van der Waals surface area contributed by atoms with Crippen molar-refractivity contribution in [1.82, 2.24) is 0 Å². The largest absolute Gasteiger partial charge is 0.456 e. The third-order valence-electron chi connectivity index (χ3n) is 8.87. The van der Waals surface area contributed by atoms with Crippen LogP contribution in [0.15, 0.2) is 146 Å². The summed E-state index contributed by atoms with van der Waals surface area (Å²) in [5, 5.41) is 3.47. The van der Waals surface area contributed by atoms with Gasteiger partial charge in [-0.15, -0.1) is 0 Å². The summed E-state index contributed by atoms with van der Waals surface area (Å²) < 4.78 is 13.2. The molecule has 0 fully saturated rings. The number of aryl methyl sites for hydroxylation is 1. The first-order valence-corrected chi connectivity index (χ1v) is 15.5. The van der Waals surface area contributed by atoms with Crippen molar-refractivity contribution in [2.75, 3.05) is 10.2 Å². The zero-order valence-electron chi connectivity index (χ0n) is 25.4. The van der Waals surface area contributed by atoms with Crippen LogP contribution in [0.3, 0.4) is 0 Å². The molecule has 46 heavy (non-hydrogen) atoms. The van der Waals surface area contributed by atoms with E-state index in [1.165, 1.54) is 11.1 Å². The van der Waals surface area contributed by atoms with Gasteiger partial charge >= 0.3 is 5.97 Å². The van der Waals surface area contributed by atoms with E-state index in [4.69, 9.17) is 9.47 Å². The van der Waals surface area contributed by atoms with Gasteiger partial charge in [-0.1, -0.05) is 97.1 Å². The van der Waals surface area contributed by atoms with Crippen LogP contribution in [0.25, 0.3) is 0 Å². The highest BCUT2D eigenvalue weighted by Gasteiger charge is 2.53. The number of esters is 1. The number of nitrogens with zero attached hydrogens (tertiary/aromatic N) is 1. The summed E-state index contributed by atoms with van der Waals surface area (Å²) in [5.41, 5.74) is 8.25. The molecule has 1 N–H and O–H groups in total. The van der Waals surface area contributed by atoms with Crippen molar-refractivity contribution < 1.29 is 14.3 Å². The molecule has 5 nitrogen and oxygen atoms in total. The second-order valence-electron chi connectivity index (χ2n) is 11.9. The van der Waals surface area contributed by atoms with Gasteiger partial charge in [0.15, 0.2) is 5.60 Å². The fourth-order valence-corrected chi connectivity index (χ4v) is 6.75. The molecule has 0 bridgehead atoms. The van der Waals surface area contributed by atoms with Gasteiger partial charge in [0.05, 0.1) is 5.56 Å². The number of rotatable bonds is 7. The molecule has 5 heteroatoms. The topological polar surface area (TPSA) is 50.8 Å². The second-order valence-corrected chi connectivity index (χ2v) is 11.9. The number of benzene rings is 6. The van der Waals surface area contributed by atoms with Gasteiger partial charge in [0.25, 0.3) is 0 Å². The average molecular weight is 601 g/mol. The Hall–Kier alpha value is -5.81. The molecule has 2 aliphatic rings. The van der Waals surface area contributed by atoms with Crippen molar-refractivity contribution in [2.24, 2.45) is 0 Å². The van der Waals surface area contributed by atoms with E-state index in [2.05, 4.69) is 77.8 Å². The molecule has 0 saturated carbocycles. The zero-order chi connectivity index (χ0) is 31.1. The monoisotopic (exact) mass is 600 g/mol. The Bertz CT molecular complexity index is 2020. The first kappa shape index (κ1) is 27.7. The molecule has 1 atom stereocenters. The number of hydrogen-bond donors (Lipinski definition) is 1. The number of anilines is 3. The van der Waals surface area contributed by atoms with E-state index in [0.717, 1.165) is 39.3 Å². The van der Waals surface area contributed by atoms with E-state index >= 15 is 0 Å². The number of ether oxygens (including phenoxy) is 2. The summed E-state index contributed by atoms with van der Waals surface area (Å²) in [4.78, 5) is 15.9. The van der Waals surface area contributed by atoms with Crippen LogP contribution in [0.5, 0.6) is 11.5 Å². The maximum atomic E-state index is 13.5. The Kier molecular flexibility index (Phi) is 6.80. The van der Waals surface area contributed by atoms with E-state index in [-0.39, 0.29) is 5.97 Å². The van der Waals surface area contributed by atoms with E-state index in [1.54, 1.807) is 0 Å². The zero-order valence-corrected chi connectivity index (χ0v) is 25.4. The summed E-state index contributed by atoms with van der Waals surface area (Å²) in [5.74, 6) is 0.985. The number of carbonyl (C=O) groups excluding carboxylic acids is 1. The van der Waals surface area contributed by atoms with Gasteiger partial charge in [0.1, 0.15) is 11.5 Å². The second kappa shape index (κ2) is 11.3. The fraction of sp³-hybridized carbons (Fsp3) is 0.0976. The van der Waals surface area contributed by atoms with Crippen LogP contribution in [-0.2, 0) is 23.4 Å². The predicted molar refractivity (Wildman–Crippen MR) is 182 cm³/mol. The van der Waals surface area contributed by atoms with Crippen molar-refractivity contribution >= 4 is 23.0 Å². The molecule has 0 aliphatic carbocycles. The lowest BCUT2D eigenvalue weighted by molar-refractivity contribution is 0.0224. The van der Waals surface area contributed by atoms with Gasteiger partial charge in [-0.3, -0.25) is 0 Å². The highest BCUT2D eigenvalue weighted by molar-refractivity contribution is 5.97. The summed E-state index contributed by atoms with van der Waals surface area (Å²) in [7, 11) is 0. The minimum absolute atomic E-state index is 0.339. The SMILES string of the molecule is Cc1cc2c(cc1N(Cc1ccccc1)Cc1ccccc1)C1(OC(=O)c3ccccc31)c1ccc(Nc3ccccc3)cc1O2. The minimum atomic E-state index is -1.16. The number of nitrogens with one attached hydrogen (secondary N) is 1. The normalized spacial score (nSPS) is 15.7. The van der Waals surface area contributed by atoms with E-state index in [9.17, 15) is 4.79 Å². The average Bonchev–Trinajstić information content (AvgIpc) is 3.38. The van der Waals surface area contributed by atoms with Gasteiger partial charge in [0, 0.05) is 52.9 Å². The van der Waals surface area contributed by atoms with Crippen LogP contribution in [0.1, 0.15) is 43.7 Å². The molecule has 6 aromatic rings. The van der Waals surface area contributed by atoms with Gasteiger partial charge in [0.2, 0.25) is 0 Å². The molecule has 1 spiro atoms. The van der Waals surface area contributed by atoms with Crippen LogP contribution in [0.2, 0.25) is 0 Å². The van der Waals surface area contributed by atoms with Crippen LogP contribution in [-0.4, -0.2) is 5.97 Å². The number of fused-ring (bicyclic) bond motifs is 6. The van der Waals surface area contributed by atoms with Crippen molar-refractivity contribution in [3.05, 3.63) is 185 Å². The Morgan fingerprint density at radius 1 is 0.609 bits per heavy atom. The van der Waals surface area contributed by atoms with Crippen molar-refractivity contribution in [2.45, 2.75) is 25.6 Å². The number of para-hydroxylation sites is 1. The molecule has 2 aliphatic heterocycles.